The number of benzene rings is 2. The molecule has 0 bridgehead atoms. The Kier molecular flexibility index (Phi) is 4.55. The summed E-state index contributed by atoms with van der Waals surface area (Å²) in [5.41, 5.74) is 1.00. The Labute approximate surface area is 135 Å². The van der Waals surface area contributed by atoms with Crippen molar-refractivity contribution in [2.45, 2.75) is 0 Å². The number of nitrogens with one attached hydrogen (secondary N) is 2. The van der Waals surface area contributed by atoms with Crippen LogP contribution in [0.5, 0.6) is 0 Å². The normalized spacial score (nSPS) is 15.3. The lowest BCUT2D eigenvalue weighted by Crippen LogP contribution is -2.46. The van der Waals surface area contributed by atoms with Crippen LogP contribution in [-0.2, 0) is 4.79 Å². The van der Waals surface area contributed by atoms with E-state index in [2.05, 4.69) is 10.6 Å². The highest BCUT2D eigenvalue weighted by Crippen LogP contribution is 2.23. The molecule has 3 rings (SSSR count). The Balaban J connectivity index is 1.81. The van der Waals surface area contributed by atoms with Gasteiger partial charge in [0.15, 0.2) is 0 Å². The summed E-state index contributed by atoms with van der Waals surface area (Å²) < 4.78 is 0. The minimum absolute atomic E-state index is 0.125. The molecule has 23 heavy (non-hydrogen) atoms. The number of hydrogen-bond acceptors (Lipinski definition) is 4. The first-order chi connectivity index (χ1) is 11.3. The predicted octanol–water partition coefficient (Wildman–Crippen LogP) is 2.09. The van der Waals surface area contributed by atoms with Crippen LogP contribution in [-0.4, -0.2) is 37.0 Å². The van der Waals surface area contributed by atoms with Crippen molar-refractivity contribution in [1.29, 1.82) is 5.26 Å². The molecule has 1 saturated heterocycles. The molecular weight excluding hydrogens is 288 g/mol. The van der Waals surface area contributed by atoms with Crippen molar-refractivity contribution >= 4 is 22.4 Å². The molecule has 2 N–H and O–H groups in total. The molecule has 0 aliphatic carbocycles. The highest BCUT2D eigenvalue weighted by molar-refractivity contribution is 5.99. The smallest absolute Gasteiger partial charge is 0.266 e. The van der Waals surface area contributed by atoms with Gasteiger partial charge in [-0.15, -0.1) is 0 Å². The summed E-state index contributed by atoms with van der Waals surface area (Å²) in [5.74, 6) is -0.221. The molecule has 0 atom stereocenters. The number of rotatable bonds is 3. The third kappa shape index (κ3) is 3.33. The van der Waals surface area contributed by atoms with E-state index in [0.717, 1.165) is 29.5 Å². The summed E-state index contributed by atoms with van der Waals surface area (Å²) in [5, 5.41) is 17.8. The van der Waals surface area contributed by atoms with Crippen molar-refractivity contribution < 1.29 is 4.79 Å². The van der Waals surface area contributed by atoms with Crippen LogP contribution in [0.2, 0.25) is 0 Å². The third-order valence-corrected chi connectivity index (χ3v) is 3.92. The van der Waals surface area contributed by atoms with Gasteiger partial charge in [0.25, 0.3) is 5.91 Å². The molecular formula is C18H18N4O. The second-order valence-corrected chi connectivity index (χ2v) is 5.38. The first kappa shape index (κ1) is 15.1. The second kappa shape index (κ2) is 6.95. The fraction of sp³-hybridized carbons (Fsp3) is 0.222. The Morgan fingerprint density at radius 1 is 1.17 bits per heavy atom. The summed E-state index contributed by atoms with van der Waals surface area (Å²) in [6.45, 7) is 2.79. The van der Waals surface area contributed by atoms with Crippen LogP contribution in [0, 0.1) is 11.3 Å². The van der Waals surface area contributed by atoms with Crippen molar-refractivity contribution in [3.63, 3.8) is 0 Å². The molecule has 5 heteroatoms. The van der Waals surface area contributed by atoms with E-state index in [-0.39, 0.29) is 11.5 Å². The second-order valence-electron chi connectivity index (χ2n) is 5.38. The van der Waals surface area contributed by atoms with Crippen molar-refractivity contribution in [3.8, 4) is 6.07 Å². The standard InChI is InChI=1S/C18H18N4O/c19-12-15(18(23)22-10-8-20-9-11-22)13-21-17-7-3-5-14-4-1-2-6-16(14)17/h1-7,13,20-21H,8-11H2/b15-13-. The maximum absolute atomic E-state index is 12.4. The van der Waals surface area contributed by atoms with Gasteiger partial charge in [-0.05, 0) is 11.5 Å². The van der Waals surface area contributed by atoms with E-state index in [4.69, 9.17) is 0 Å². The summed E-state index contributed by atoms with van der Waals surface area (Å²) in [6, 6.07) is 15.9. The zero-order chi connectivity index (χ0) is 16.1. The fourth-order valence-electron chi connectivity index (χ4n) is 2.68. The van der Waals surface area contributed by atoms with Crippen LogP contribution in [0.25, 0.3) is 10.8 Å². The van der Waals surface area contributed by atoms with Crippen molar-refractivity contribution in [1.82, 2.24) is 10.2 Å². The molecule has 5 nitrogen and oxygen atoms in total. The van der Waals surface area contributed by atoms with Gasteiger partial charge < -0.3 is 15.5 Å². The van der Waals surface area contributed by atoms with Crippen LogP contribution < -0.4 is 10.6 Å². The molecule has 2 aromatic carbocycles. The molecule has 0 unspecified atom stereocenters. The van der Waals surface area contributed by atoms with E-state index in [1.54, 1.807) is 4.90 Å². The Morgan fingerprint density at radius 3 is 2.70 bits per heavy atom. The lowest BCUT2D eigenvalue weighted by molar-refractivity contribution is -0.127. The van der Waals surface area contributed by atoms with Gasteiger partial charge in [0.2, 0.25) is 0 Å². The summed E-state index contributed by atoms with van der Waals surface area (Å²) in [7, 11) is 0. The molecule has 0 radical (unpaired) electrons. The molecule has 1 fully saturated rings. The predicted molar refractivity (Wildman–Crippen MR) is 90.7 cm³/mol. The lowest BCUT2D eigenvalue weighted by atomic mass is 10.1. The van der Waals surface area contributed by atoms with Gasteiger partial charge >= 0.3 is 0 Å². The Bertz CT molecular complexity index is 780. The molecule has 0 saturated carbocycles. The summed E-state index contributed by atoms with van der Waals surface area (Å²) in [4.78, 5) is 14.1. The Morgan fingerprint density at radius 2 is 1.91 bits per heavy atom. The first-order valence-corrected chi connectivity index (χ1v) is 7.64. The maximum Gasteiger partial charge on any atom is 0.266 e. The summed E-state index contributed by atoms with van der Waals surface area (Å²) >= 11 is 0. The number of amides is 1. The molecule has 1 aliphatic rings. The van der Waals surface area contributed by atoms with Gasteiger partial charge in [-0.25, -0.2) is 0 Å². The van der Waals surface area contributed by atoms with E-state index >= 15 is 0 Å². The fourth-order valence-corrected chi connectivity index (χ4v) is 2.68. The van der Waals surface area contributed by atoms with E-state index < -0.39 is 0 Å². The van der Waals surface area contributed by atoms with Crippen molar-refractivity contribution in [2.75, 3.05) is 31.5 Å². The lowest BCUT2D eigenvalue weighted by Gasteiger charge is -2.27. The number of nitrogens with zero attached hydrogens (tertiary/aromatic N) is 2. The van der Waals surface area contributed by atoms with Crippen LogP contribution in [0.15, 0.2) is 54.2 Å². The molecule has 2 aromatic rings. The SMILES string of the molecule is N#C/C(=C/Nc1cccc2ccccc12)C(=O)N1CCNCC1. The average molecular weight is 306 g/mol. The van der Waals surface area contributed by atoms with E-state index in [1.165, 1.54) is 6.20 Å². The zero-order valence-electron chi connectivity index (χ0n) is 12.7. The quantitative estimate of drug-likeness (QED) is 0.673. The van der Waals surface area contributed by atoms with Gasteiger partial charge in [-0.2, -0.15) is 5.26 Å². The first-order valence-electron chi connectivity index (χ1n) is 7.64. The number of nitriles is 1. The van der Waals surface area contributed by atoms with E-state index in [0.29, 0.717) is 13.1 Å². The zero-order valence-corrected chi connectivity index (χ0v) is 12.7. The van der Waals surface area contributed by atoms with Gasteiger partial charge in [0.05, 0.1) is 0 Å². The van der Waals surface area contributed by atoms with Crippen LogP contribution >= 0.6 is 0 Å². The van der Waals surface area contributed by atoms with Gasteiger partial charge in [-0.3, -0.25) is 4.79 Å². The number of piperazine rings is 1. The summed E-state index contributed by atoms with van der Waals surface area (Å²) in [6.07, 6.45) is 1.51. The highest BCUT2D eigenvalue weighted by atomic mass is 16.2. The molecule has 116 valence electrons. The number of fused-ring (bicyclic) bond motifs is 1. The minimum atomic E-state index is -0.221. The van der Waals surface area contributed by atoms with Gasteiger partial charge in [0.1, 0.15) is 11.6 Å². The van der Waals surface area contributed by atoms with E-state index in [9.17, 15) is 10.1 Å². The van der Waals surface area contributed by atoms with Gasteiger partial charge in [-0.1, -0.05) is 36.4 Å². The number of anilines is 1. The van der Waals surface area contributed by atoms with Crippen molar-refractivity contribution in [3.05, 3.63) is 54.2 Å². The average Bonchev–Trinajstić information content (AvgIpc) is 2.63. The van der Waals surface area contributed by atoms with E-state index in [1.807, 2.05) is 48.5 Å². The van der Waals surface area contributed by atoms with Crippen LogP contribution in [0.1, 0.15) is 0 Å². The number of carbonyl (C=O) groups is 1. The monoisotopic (exact) mass is 306 g/mol. The molecule has 1 heterocycles. The third-order valence-electron chi connectivity index (χ3n) is 3.92. The molecule has 0 spiro atoms. The van der Waals surface area contributed by atoms with Gasteiger partial charge in [0, 0.05) is 43.5 Å². The maximum atomic E-state index is 12.4. The molecule has 1 amide bonds. The minimum Gasteiger partial charge on any atom is -0.360 e. The Hall–Kier alpha value is -2.84. The van der Waals surface area contributed by atoms with Crippen molar-refractivity contribution in [2.24, 2.45) is 0 Å². The highest BCUT2D eigenvalue weighted by Gasteiger charge is 2.19. The largest absolute Gasteiger partial charge is 0.360 e. The topological polar surface area (TPSA) is 68.2 Å². The number of hydrogen-bond donors (Lipinski definition) is 2. The number of carbonyl (C=O) groups excluding carboxylic acids is 1. The van der Waals surface area contributed by atoms with Crippen LogP contribution in [0.4, 0.5) is 5.69 Å². The molecule has 1 aliphatic heterocycles. The molecule has 0 aromatic heterocycles. The van der Waals surface area contributed by atoms with Crippen LogP contribution in [0.3, 0.4) is 0 Å².